The van der Waals surface area contributed by atoms with Crippen LogP contribution in [0.4, 0.5) is 0 Å². The normalized spacial score (nSPS) is 26.9. The van der Waals surface area contributed by atoms with Crippen molar-refractivity contribution in [3.8, 4) is 0 Å². The van der Waals surface area contributed by atoms with Crippen molar-refractivity contribution in [3.05, 3.63) is 47.7 Å². The van der Waals surface area contributed by atoms with E-state index in [0.717, 1.165) is 31.8 Å². The standard InChI is InChI=1S/C17H22N2O/c1-13-10-19(11-14-5-3-2-4-6-14)12-17(13)18-15-7-8-16(20)9-15/h2-6,9,13,17-18H,7-8,10-12H2,1H3. The van der Waals surface area contributed by atoms with Crippen molar-refractivity contribution in [3.63, 3.8) is 0 Å². The molecule has 0 radical (unpaired) electrons. The van der Waals surface area contributed by atoms with E-state index in [1.54, 1.807) is 6.08 Å². The lowest BCUT2D eigenvalue weighted by Crippen LogP contribution is -2.34. The summed E-state index contributed by atoms with van der Waals surface area (Å²) >= 11 is 0. The predicted molar refractivity (Wildman–Crippen MR) is 80.1 cm³/mol. The molecule has 1 saturated heterocycles. The third kappa shape index (κ3) is 3.10. The molecule has 2 atom stereocenters. The number of hydrogen-bond acceptors (Lipinski definition) is 3. The van der Waals surface area contributed by atoms with Gasteiger partial charge in [0.15, 0.2) is 5.78 Å². The van der Waals surface area contributed by atoms with Gasteiger partial charge in [0.1, 0.15) is 0 Å². The van der Waals surface area contributed by atoms with E-state index in [2.05, 4.69) is 47.5 Å². The highest BCUT2D eigenvalue weighted by Crippen LogP contribution is 2.22. The van der Waals surface area contributed by atoms with Crippen LogP contribution >= 0.6 is 0 Å². The number of nitrogens with one attached hydrogen (secondary N) is 1. The van der Waals surface area contributed by atoms with Gasteiger partial charge in [-0.3, -0.25) is 9.69 Å². The monoisotopic (exact) mass is 270 g/mol. The number of nitrogens with zero attached hydrogens (tertiary/aromatic N) is 1. The van der Waals surface area contributed by atoms with Crippen LogP contribution in [0.1, 0.15) is 25.3 Å². The van der Waals surface area contributed by atoms with Crippen LogP contribution in [0, 0.1) is 5.92 Å². The summed E-state index contributed by atoms with van der Waals surface area (Å²) in [4.78, 5) is 13.8. The molecule has 1 aliphatic heterocycles. The van der Waals surface area contributed by atoms with E-state index in [1.807, 2.05) is 0 Å². The van der Waals surface area contributed by atoms with Crippen molar-refractivity contribution < 1.29 is 4.79 Å². The van der Waals surface area contributed by atoms with Crippen LogP contribution in [0.2, 0.25) is 0 Å². The quantitative estimate of drug-likeness (QED) is 0.911. The van der Waals surface area contributed by atoms with Gasteiger partial charge < -0.3 is 5.32 Å². The molecule has 0 aromatic heterocycles. The van der Waals surface area contributed by atoms with Crippen molar-refractivity contribution >= 4 is 5.78 Å². The minimum absolute atomic E-state index is 0.263. The van der Waals surface area contributed by atoms with Gasteiger partial charge in [-0.1, -0.05) is 37.3 Å². The maximum Gasteiger partial charge on any atom is 0.157 e. The molecular formula is C17H22N2O. The molecule has 1 aliphatic carbocycles. The lowest BCUT2D eigenvalue weighted by molar-refractivity contribution is -0.114. The molecule has 1 N–H and O–H groups in total. The zero-order chi connectivity index (χ0) is 13.9. The van der Waals surface area contributed by atoms with Crippen LogP contribution < -0.4 is 5.32 Å². The first kappa shape index (κ1) is 13.4. The minimum atomic E-state index is 0.263. The number of carbonyl (C=O) groups is 1. The summed E-state index contributed by atoms with van der Waals surface area (Å²) in [6.45, 7) is 5.48. The van der Waals surface area contributed by atoms with Gasteiger partial charge in [0.2, 0.25) is 0 Å². The van der Waals surface area contributed by atoms with Crippen LogP contribution in [0.25, 0.3) is 0 Å². The molecule has 3 heteroatoms. The van der Waals surface area contributed by atoms with Gasteiger partial charge >= 0.3 is 0 Å². The van der Waals surface area contributed by atoms with Gasteiger partial charge in [-0.2, -0.15) is 0 Å². The second kappa shape index (κ2) is 5.80. The van der Waals surface area contributed by atoms with Crippen molar-refractivity contribution in [1.82, 2.24) is 10.2 Å². The molecule has 106 valence electrons. The first-order valence-electron chi connectivity index (χ1n) is 7.47. The van der Waals surface area contributed by atoms with Crippen LogP contribution in [0.5, 0.6) is 0 Å². The molecule has 3 rings (SSSR count). The van der Waals surface area contributed by atoms with Crippen molar-refractivity contribution in [2.45, 2.75) is 32.4 Å². The fourth-order valence-electron chi connectivity index (χ4n) is 3.17. The van der Waals surface area contributed by atoms with Crippen LogP contribution in [0.15, 0.2) is 42.1 Å². The Morgan fingerprint density at radius 2 is 2.00 bits per heavy atom. The smallest absolute Gasteiger partial charge is 0.157 e. The van der Waals surface area contributed by atoms with Crippen molar-refractivity contribution in [2.75, 3.05) is 13.1 Å². The summed E-state index contributed by atoms with van der Waals surface area (Å²) < 4.78 is 0. The number of rotatable bonds is 4. The van der Waals surface area contributed by atoms with Gasteiger partial charge in [-0.25, -0.2) is 0 Å². The van der Waals surface area contributed by atoms with Crippen LogP contribution in [0.3, 0.4) is 0 Å². The van der Waals surface area contributed by atoms with Crippen LogP contribution in [-0.4, -0.2) is 29.8 Å². The molecule has 2 aliphatic rings. The number of ketones is 1. The lowest BCUT2D eigenvalue weighted by Gasteiger charge is -2.19. The molecule has 3 nitrogen and oxygen atoms in total. The maximum absolute atomic E-state index is 11.3. The highest BCUT2D eigenvalue weighted by Gasteiger charge is 2.30. The zero-order valence-electron chi connectivity index (χ0n) is 12.0. The average molecular weight is 270 g/mol. The molecule has 1 aromatic carbocycles. The molecule has 0 bridgehead atoms. The van der Waals surface area contributed by atoms with E-state index >= 15 is 0 Å². The van der Waals surface area contributed by atoms with Crippen molar-refractivity contribution in [1.29, 1.82) is 0 Å². The average Bonchev–Trinajstić information content (AvgIpc) is 2.98. The van der Waals surface area contributed by atoms with Gasteiger partial charge in [-0.15, -0.1) is 0 Å². The minimum Gasteiger partial charge on any atom is -0.384 e. The van der Waals surface area contributed by atoms with E-state index in [-0.39, 0.29) is 5.78 Å². The number of hydrogen-bond donors (Lipinski definition) is 1. The second-order valence-corrected chi connectivity index (χ2v) is 6.04. The largest absolute Gasteiger partial charge is 0.384 e. The zero-order valence-corrected chi connectivity index (χ0v) is 12.0. The SMILES string of the molecule is CC1CN(Cc2ccccc2)CC1NC1=CC(=O)CC1. The van der Waals surface area contributed by atoms with Gasteiger partial charge in [0.25, 0.3) is 0 Å². The Bertz CT molecular complexity index is 509. The van der Waals surface area contributed by atoms with Crippen LogP contribution in [-0.2, 0) is 11.3 Å². The first-order valence-corrected chi connectivity index (χ1v) is 7.47. The summed E-state index contributed by atoms with van der Waals surface area (Å²) in [5.41, 5.74) is 2.50. The number of carbonyl (C=O) groups excluding carboxylic acids is 1. The van der Waals surface area contributed by atoms with E-state index in [0.29, 0.717) is 18.4 Å². The molecule has 1 fully saturated rings. The fourth-order valence-corrected chi connectivity index (χ4v) is 3.17. The second-order valence-electron chi connectivity index (χ2n) is 6.04. The summed E-state index contributed by atoms with van der Waals surface area (Å²) in [6.07, 6.45) is 3.35. The van der Waals surface area contributed by atoms with E-state index in [4.69, 9.17) is 0 Å². The first-order chi connectivity index (χ1) is 9.70. The molecule has 1 heterocycles. The Labute approximate surface area is 120 Å². The van der Waals surface area contributed by atoms with Gasteiger partial charge in [-0.05, 0) is 17.9 Å². The summed E-state index contributed by atoms with van der Waals surface area (Å²) in [5, 5.41) is 3.57. The highest BCUT2D eigenvalue weighted by molar-refractivity contribution is 5.92. The molecule has 1 aromatic rings. The van der Waals surface area contributed by atoms with E-state index in [9.17, 15) is 4.79 Å². The fraction of sp³-hybridized carbons (Fsp3) is 0.471. The van der Waals surface area contributed by atoms with E-state index in [1.165, 1.54) is 5.56 Å². The molecule has 20 heavy (non-hydrogen) atoms. The summed E-state index contributed by atoms with van der Waals surface area (Å²) in [5.74, 6) is 0.884. The van der Waals surface area contributed by atoms with Gasteiger partial charge in [0.05, 0.1) is 0 Å². The topological polar surface area (TPSA) is 32.3 Å². The Morgan fingerprint density at radius 3 is 2.70 bits per heavy atom. The Morgan fingerprint density at radius 1 is 1.20 bits per heavy atom. The lowest BCUT2D eigenvalue weighted by atomic mass is 10.1. The third-order valence-corrected chi connectivity index (χ3v) is 4.28. The number of allylic oxidation sites excluding steroid dienone is 2. The predicted octanol–water partition coefficient (Wildman–Crippen LogP) is 2.34. The molecule has 0 spiro atoms. The maximum atomic E-state index is 11.3. The third-order valence-electron chi connectivity index (χ3n) is 4.28. The Hall–Kier alpha value is -1.61. The van der Waals surface area contributed by atoms with Gasteiger partial charge in [0, 0.05) is 43.9 Å². The van der Waals surface area contributed by atoms with Crippen molar-refractivity contribution in [2.24, 2.45) is 5.92 Å². The summed E-state index contributed by atoms with van der Waals surface area (Å²) in [7, 11) is 0. The molecule has 0 amide bonds. The number of benzene rings is 1. The molecule has 2 unspecified atom stereocenters. The van der Waals surface area contributed by atoms with E-state index < -0.39 is 0 Å². The summed E-state index contributed by atoms with van der Waals surface area (Å²) in [6, 6.07) is 11.1. The Balaban J connectivity index is 1.57. The highest BCUT2D eigenvalue weighted by atomic mass is 16.1. The Kier molecular flexibility index (Phi) is 3.88. The molecule has 0 saturated carbocycles. The molecular weight excluding hydrogens is 248 g/mol. The number of likely N-dealkylation sites (tertiary alicyclic amines) is 1.